The minimum atomic E-state index is -0.760. The maximum Gasteiger partial charge on any atom is 0.252 e. The zero-order valence-corrected chi connectivity index (χ0v) is 11.9. The van der Waals surface area contributed by atoms with Crippen molar-refractivity contribution in [2.45, 2.75) is 45.1 Å². The molecule has 4 heteroatoms. The van der Waals surface area contributed by atoms with Crippen LogP contribution in [0.4, 0.5) is 0 Å². The van der Waals surface area contributed by atoms with Gasteiger partial charge in [0.05, 0.1) is 6.07 Å². The number of aromatic hydroxyl groups is 1. The molecule has 4 nitrogen and oxygen atoms in total. The van der Waals surface area contributed by atoms with Gasteiger partial charge in [-0.15, -0.1) is 0 Å². The molecular formula is C16H20N2O2. The molecule has 1 aromatic rings. The fourth-order valence-electron chi connectivity index (χ4n) is 2.56. The van der Waals surface area contributed by atoms with Crippen LogP contribution in [-0.4, -0.2) is 16.6 Å². The Morgan fingerprint density at radius 3 is 2.65 bits per heavy atom. The molecule has 106 valence electrons. The number of carbonyl (C=O) groups is 1. The van der Waals surface area contributed by atoms with Gasteiger partial charge in [-0.1, -0.05) is 13.0 Å². The quantitative estimate of drug-likeness (QED) is 0.869. The standard InChI is InChI=1S/C16H20N2O2/c1-11-5-7-16(10-17,8-6-11)18-15(20)13-4-3-12(2)14(19)9-13/h3-4,9,11,19H,5-8H2,1-2H3,(H,18,20). The Morgan fingerprint density at radius 2 is 2.10 bits per heavy atom. The second kappa shape index (κ2) is 5.54. The number of aryl methyl sites for hydroxylation is 1. The average molecular weight is 272 g/mol. The van der Waals surface area contributed by atoms with E-state index >= 15 is 0 Å². The lowest BCUT2D eigenvalue weighted by Crippen LogP contribution is -2.49. The number of rotatable bonds is 2. The van der Waals surface area contributed by atoms with Crippen molar-refractivity contribution in [3.8, 4) is 11.8 Å². The molecule has 0 aliphatic heterocycles. The summed E-state index contributed by atoms with van der Waals surface area (Å²) in [5.41, 5.74) is 0.355. The van der Waals surface area contributed by atoms with Crippen molar-refractivity contribution in [3.05, 3.63) is 29.3 Å². The molecule has 0 saturated heterocycles. The summed E-state index contributed by atoms with van der Waals surface area (Å²) >= 11 is 0. The number of hydrogen-bond acceptors (Lipinski definition) is 3. The fraction of sp³-hybridized carbons (Fsp3) is 0.500. The normalized spacial score (nSPS) is 25.8. The SMILES string of the molecule is Cc1ccc(C(=O)NC2(C#N)CCC(C)CC2)cc1O. The van der Waals surface area contributed by atoms with Gasteiger partial charge in [0.2, 0.25) is 0 Å². The number of benzene rings is 1. The van der Waals surface area contributed by atoms with Gasteiger partial charge in [-0.3, -0.25) is 4.79 Å². The van der Waals surface area contributed by atoms with Crippen LogP contribution in [0, 0.1) is 24.2 Å². The van der Waals surface area contributed by atoms with Gasteiger partial charge in [0.15, 0.2) is 0 Å². The van der Waals surface area contributed by atoms with Crippen molar-refractivity contribution in [2.24, 2.45) is 5.92 Å². The Labute approximate surface area is 119 Å². The smallest absolute Gasteiger partial charge is 0.252 e. The summed E-state index contributed by atoms with van der Waals surface area (Å²) in [5, 5.41) is 21.9. The fourth-order valence-corrected chi connectivity index (χ4v) is 2.56. The third-order valence-electron chi connectivity index (χ3n) is 4.17. The highest BCUT2D eigenvalue weighted by molar-refractivity contribution is 5.95. The minimum absolute atomic E-state index is 0.0981. The highest BCUT2D eigenvalue weighted by atomic mass is 16.3. The predicted molar refractivity (Wildman–Crippen MR) is 76.3 cm³/mol. The molecule has 2 rings (SSSR count). The van der Waals surface area contributed by atoms with E-state index in [2.05, 4.69) is 18.3 Å². The molecule has 20 heavy (non-hydrogen) atoms. The lowest BCUT2D eigenvalue weighted by Gasteiger charge is -2.34. The van der Waals surface area contributed by atoms with Crippen LogP contribution in [0.15, 0.2) is 18.2 Å². The van der Waals surface area contributed by atoms with Crippen molar-refractivity contribution >= 4 is 5.91 Å². The van der Waals surface area contributed by atoms with E-state index in [0.717, 1.165) is 18.4 Å². The summed E-state index contributed by atoms with van der Waals surface area (Å²) in [6.45, 7) is 3.94. The summed E-state index contributed by atoms with van der Waals surface area (Å²) in [4.78, 5) is 12.2. The summed E-state index contributed by atoms with van der Waals surface area (Å²) < 4.78 is 0. The van der Waals surface area contributed by atoms with Crippen LogP contribution in [0.3, 0.4) is 0 Å². The first-order valence-corrected chi connectivity index (χ1v) is 6.99. The average Bonchev–Trinajstić information content (AvgIpc) is 2.44. The van der Waals surface area contributed by atoms with Crippen LogP contribution in [0.25, 0.3) is 0 Å². The monoisotopic (exact) mass is 272 g/mol. The van der Waals surface area contributed by atoms with Gasteiger partial charge >= 0.3 is 0 Å². The molecule has 0 unspecified atom stereocenters. The first-order chi connectivity index (χ1) is 9.46. The molecule has 1 aromatic carbocycles. The zero-order chi connectivity index (χ0) is 14.8. The molecule has 0 bridgehead atoms. The number of amides is 1. The van der Waals surface area contributed by atoms with Gasteiger partial charge < -0.3 is 10.4 Å². The molecule has 0 heterocycles. The predicted octanol–water partition coefficient (Wildman–Crippen LogP) is 2.90. The van der Waals surface area contributed by atoms with Crippen LogP contribution in [0.1, 0.15) is 48.5 Å². The number of carbonyl (C=O) groups excluding carboxylic acids is 1. The van der Waals surface area contributed by atoms with E-state index in [1.807, 2.05) is 0 Å². The van der Waals surface area contributed by atoms with E-state index < -0.39 is 5.54 Å². The second-order valence-electron chi connectivity index (χ2n) is 5.83. The molecule has 1 fully saturated rings. The first-order valence-electron chi connectivity index (χ1n) is 6.99. The third kappa shape index (κ3) is 2.93. The van der Waals surface area contributed by atoms with Gasteiger partial charge in [-0.2, -0.15) is 5.26 Å². The van der Waals surface area contributed by atoms with Gasteiger partial charge in [0.1, 0.15) is 11.3 Å². The topological polar surface area (TPSA) is 73.1 Å². The molecule has 0 radical (unpaired) electrons. The lowest BCUT2D eigenvalue weighted by molar-refractivity contribution is 0.0893. The first kappa shape index (κ1) is 14.4. The number of nitrogens with one attached hydrogen (secondary N) is 1. The minimum Gasteiger partial charge on any atom is -0.508 e. The van der Waals surface area contributed by atoms with E-state index in [1.165, 1.54) is 6.07 Å². The second-order valence-corrected chi connectivity index (χ2v) is 5.83. The van der Waals surface area contributed by atoms with E-state index in [4.69, 9.17) is 0 Å². The van der Waals surface area contributed by atoms with Crippen molar-refractivity contribution in [1.29, 1.82) is 5.26 Å². The van der Waals surface area contributed by atoms with Gasteiger partial charge in [0.25, 0.3) is 5.91 Å². The molecule has 1 aliphatic rings. The zero-order valence-electron chi connectivity index (χ0n) is 11.9. The molecule has 0 spiro atoms. The summed E-state index contributed by atoms with van der Waals surface area (Å²) in [6, 6.07) is 7.08. The molecular weight excluding hydrogens is 252 g/mol. The van der Waals surface area contributed by atoms with Crippen LogP contribution < -0.4 is 5.32 Å². The van der Waals surface area contributed by atoms with Crippen LogP contribution in [0.2, 0.25) is 0 Å². The Bertz CT molecular complexity index is 552. The largest absolute Gasteiger partial charge is 0.508 e. The Kier molecular flexibility index (Phi) is 3.99. The number of phenols is 1. The number of nitriles is 1. The number of hydrogen-bond donors (Lipinski definition) is 2. The van der Waals surface area contributed by atoms with Crippen molar-refractivity contribution < 1.29 is 9.90 Å². The van der Waals surface area contributed by atoms with Crippen LogP contribution >= 0.6 is 0 Å². The molecule has 0 aromatic heterocycles. The van der Waals surface area contributed by atoms with Gasteiger partial charge in [-0.05, 0) is 56.2 Å². The molecule has 1 amide bonds. The van der Waals surface area contributed by atoms with Crippen LogP contribution in [-0.2, 0) is 0 Å². The van der Waals surface area contributed by atoms with Crippen LogP contribution in [0.5, 0.6) is 5.75 Å². The summed E-state index contributed by atoms with van der Waals surface area (Å²) in [6.07, 6.45) is 3.28. The third-order valence-corrected chi connectivity index (χ3v) is 4.17. The van der Waals surface area contributed by atoms with Crippen molar-refractivity contribution in [2.75, 3.05) is 0 Å². The molecule has 0 atom stereocenters. The van der Waals surface area contributed by atoms with Gasteiger partial charge in [0, 0.05) is 5.56 Å². The van der Waals surface area contributed by atoms with Crippen molar-refractivity contribution in [1.82, 2.24) is 5.32 Å². The number of phenolic OH excluding ortho intramolecular Hbond substituents is 1. The van der Waals surface area contributed by atoms with Crippen molar-refractivity contribution in [3.63, 3.8) is 0 Å². The maximum absolute atomic E-state index is 12.2. The highest BCUT2D eigenvalue weighted by Crippen LogP contribution is 2.31. The number of nitrogens with zero attached hydrogens (tertiary/aromatic N) is 1. The van der Waals surface area contributed by atoms with E-state index in [-0.39, 0.29) is 11.7 Å². The lowest BCUT2D eigenvalue weighted by atomic mass is 9.78. The molecule has 1 saturated carbocycles. The highest BCUT2D eigenvalue weighted by Gasteiger charge is 2.35. The summed E-state index contributed by atoms with van der Waals surface area (Å²) in [7, 11) is 0. The summed E-state index contributed by atoms with van der Waals surface area (Å²) in [5.74, 6) is 0.411. The molecule has 1 aliphatic carbocycles. The van der Waals surface area contributed by atoms with E-state index in [9.17, 15) is 15.2 Å². The molecule has 2 N–H and O–H groups in total. The van der Waals surface area contributed by atoms with E-state index in [1.54, 1.807) is 19.1 Å². The maximum atomic E-state index is 12.2. The Morgan fingerprint density at radius 1 is 1.45 bits per heavy atom. The Balaban J connectivity index is 2.13. The Hall–Kier alpha value is -2.02. The van der Waals surface area contributed by atoms with E-state index in [0.29, 0.717) is 24.3 Å². The van der Waals surface area contributed by atoms with Gasteiger partial charge in [-0.25, -0.2) is 0 Å².